The van der Waals surface area contributed by atoms with Crippen molar-refractivity contribution in [2.75, 3.05) is 17.1 Å². The summed E-state index contributed by atoms with van der Waals surface area (Å²) in [6.45, 7) is 5.00. The lowest BCUT2D eigenvalue weighted by Gasteiger charge is -2.32. The van der Waals surface area contributed by atoms with E-state index in [0.717, 1.165) is 39.2 Å². The summed E-state index contributed by atoms with van der Waals surface area (Å²) >= 11 is 3.37. The van der Waals surface area contributed by atoms with Crippen molar-refractivity contribution in [1.29, 1.82) is 0 Å². The molecule has 0 aliphatic rings. The molecule has 180 valence electrons. The summed E-state index contributed by atoms with van der Waals surface area (Å²) in [6.07, 6.45) is 1.70. The third-order valence-corrected chi connectivity index (χ3v) is 6.90. The number of halogens is 2. The van der Waals surface area contributed by atoms with Gasteiger partial charge in [-0.15, -0.1) is 0 Å². The molecule has 7 nitrogen and oxygen atoms in total. The van der Waals surface area contributed by atoms with Crippen molar-refractivity contribution in [3.63, 3.8) is 0 Å². The Balaban J connectivity index is 2.36. The van der Waals surface area contributed by atoms with Crippen LogP contribution in [0, 0.1) is 5.82 Å². The number of rotatable bonds is 10. The molecule has 0 bridgehead atoms. The SMILES string of the molecule is CC[C@H](C)NC(=O)[C@@H](C)N(Cc1ccc(Br)cc1)C(=O)CN(c1ccc(F)cc1)S(C)(=O)=O. The van der Waals surface area contributed by atoms with Crippen LogP contribution in [-0.2, 0) is 26.2 Å². The Morgan fingerprint density at radius 2 is 1.64 bits per heavy atom. The van der Waals surface area contributed by atoms with Crippen LogP contribution in [0.2, 0.25) is 0 Å². The molecule has 0 unspecified atom stereocenters. The van der Waals surface area contributed by atoms with E-state index < -0.39 is 34.3 Å². The largest absolute Gasteiger partial charge is 0.352 e. The number of hydrogen-bond donors (Lipinski definition) is 1. The zero-order valence-corrected chi connectivity index (χ0v) is 21.5. The van der Waals surface area contributed by atoms with E-state index in [0.29, 0.717) is 0 Å². The Morgan fingerprint density at radius 3 is 2.15 bits per heavy atom. The molecule has 0 aromatic heterocycles. The molecule has 0 fully saturated rings. The normalized spacial score (nSPS) is 13.2. The van der Waals surface area contributed by atoms with Gasteiger partial charge in [-0.3, -0.25) is 13.9 Å². The maximum Gasteiger partial charge on any atom is 0.244 e. The lowest BCUT2D eigenvalue weighted by atomic mass is 10.1. The van der Waals surface area contributed by atoms with Crippen molar-refractivity contribution >= 4 is 43.5 Å². The third-order valence-electron chi connectivity index (χ3n) is 5.23. The van der Waals surface area contributed by atoms with Crippen molar-refractivity contribution in [2.45, 2.75) is 45.8 Å². The van der Waals surface area contributed by atoms with Crippen molar-refractivity contribution in [1.82, 2.24) is 10.2 Å². The van der Waals surface area contributed by atoms with Gasteiger partial charge < -0.3 is 10.2 Å². The molecule has 0 spiro atoms. The number of benzene rings is 2. The molecule has 0 saturated carbocycles. The highest BCUT2D eigenvalue weighted by molar-refractivity contribution is 9.10. The average molecular weight is 542 g/mol. The van der Waals surface area contributed by atoms with Crippen molar-refractivity contribution in [3.05, 3.63) is 64.4 Å². The Morgan fingerprint density at radius 1 is 1.06 bits per heavy atom. The molecular weight excluding hydrogens is 513 g/mol. The highest BCUT2D eigenvalue weighted by Crippen LogP contribution is 2.20. The highest BCUT2D eigenvalue weighted by Gasteiger charge is 2.30. The van der Waals surface area contributed by atoms with Gasteiger partial charge in [0.25, 0.3) is 0 Å². The van der Waals surface area contributed by atoms with Crippen LogP contribution in [-0.4, -0.2) is 50.0 Å². The first-order chi connectivity index (χ1) is 15.4. The maximum atomic E-state index is 13.4. The zero-order valence-electron chi connectivity index (χ0n) is 19.1. The zero-order chi connectivity index (χ0) is 24.8. The summed E-state index contributed by atoms with van der Waals surface area (Å²) < 4.78 is 40.0. The first-order valence-corrected chi connectivity index (χ1v) is 13.1. The van der Waals surface area contributed by atoms with Crippen LogP contribution in [0.15, 0.2) is 53.0 Å². The Hall–Kier alpha value is -2.46. The van der Waals surface area contributed by atoms with Crippen LogP contribution >= 0.6 is 15.9 Å². The van der Waals surface area contributed by atoms with Crippen molar-refractivity contribution in [2.24, 2.45) is 0 Å². The van der Waals surface area contributed by atoms with Gasteiger partial charge in [0.2, 0.25) is 21.8 Å². The van der Waals surface area contributed by atoms with Gasteiger partial charge in [0.1, 0.15) is 18.4 Å². The monoisotopic (exact) mass is 541 g/mol. The predicted octanol–water partition coefficient (Wildman–Crippen LogP) is 3.69. The van der Waals surface area contributed by atoms with Crippen LogP contribution in [0.4, 0.5) is 10.1 Å². The van der Waals surface area contributed by atoms with Gasteiger partial charge in [0.05, 0.1) is 11.9 Å². The summed E-state index contributed by atoms with van der Waals surface area (Å²) in [4.78, 5) is 27.5. The van der Waals surface area contributed by atoms with E-state index in [2.05, 4.69) is 21.2 Å². The van der Waals surface area contributed by atoms with E-state index in [1.807, 2.05) is 38.1 Å². The second-order valence-corrected chi connectivity index (χ2v) is 10.7. The minimum absolute atomic E-state index is 0.0729. The fraction of sp³-hybridized carbons (Fsp3) is 0.391. The minimum atomic E-state index is -3.85. The molecule has 2 aromatic carbocycles. The van der Waals surface area contributed by atoms with Crippen LogP contribution in [0.3, 0.4) is 0 Å². The van der Waals surface area contributed by atoms with Gasteiger partial charge in [0, 0.05) is 17.1 Å². The summed E-state index contributed by atoms with van der Waals surface area (Å²) in [5.41, 5.74) is 0.940. The topological polar surface area (TPSA) is 86.8 Å². The summed E-state index contributed by atoms with van der Waals surface area (Å²) in [6, 6.07) is 11.2. The molecule has 2 rings (SSSR count). The third kappa shape index (κ3) is 7.82. The minimum Gasteiger partial charge on any atom is -0.352 e. The molecule has 0 heterocycles. The van der Waals surface area contributed by atoms with E-state index in [-0.39, 0.29) is 24.2 Å². The van der Waals surface area contributed by atoms with Gasteiger partial charge in [-0.2, -0.15) is 0 Å². The summed E-state index contributed by atoms with van der Waals surface area (Å²) in [5, 5.41) is 2.87. The van der Waals surface area contributed by atoms with Crippen molar-refractivity contribution in [3.8, 4) is 0 Å². The Bertz CT molecular complexity index is 1060. The van der Waals surface area contributed by atoms with Crippen LogP contribution < -0.4 is 9.62 Å². The molecule has 33 heavy (non-hydrogen) atoms. The first kappa shape index (κ1) is 26.8. The van der Waals surface area contributed by atoms with Crippen LogP contribution in [0.1, 0.15) is 32.8 Å². The predicted molar refractivity (Wildman–Crippen MR) is 131 cm³/mol. The molecule has 2 atom stereocenters. The van der Waals surface area contributed by atoms with Crippen molar-refractivity contribution < 1.29 is 22.4 Å². The van der Waals surface area contributed by atoms with E-state index in [4.69, 9.17) is 0 Å². The van der Waals surface area contributed by atoms with Gasteiger partial charge >= 0.3 is 0 Å². The van der Waals surface area contributed by atoms with Crippen LogP contribution in [0.25, 0.3) is 0 Å². The molecule has 2 aromatic rings. The second-order valence-electron chi connectivity index (χ2n) is 7.89. The number of carbonyl (C=O) groups excluding carboxylic acids is 2. The fourth-order valence-electron chi connectivity index (χ4n) is 3.06. The molecule has 10 heteroatoms. The number of sulfonamides is 1. The quantitative estimate of drug-likeness (QED) is 0.497. The number of anilines is 1. The van der Waals surface area contributed by atoms with E-state index >= 15 is 0 Å². The second kappa shape index (κ2) is 11.6. The summed E-state index contributed by atoms with van der Waals surface area (Å²) in [7, 11) is -3.85. The molecular formula is C23H29BrFN3O4S. The lowest BCUT2D eigenvalue weighted by Crippen LogP contribution is -2.52. The Labute approximate surface area is 203 Å². The number of amides is 2. The molecule has 1 N–H and O–H groups in total. The lowest BCUT2D eigenvalue weighted by molar-refractivity contribution is -0.139. The number of carbonyl (C=O) groups is 2. The van der Waals surface area contributed by atoms with Gasteiger partial charge in [-0.25, -0.2) is 12.8 Å². The highest BCUT2D eigenvalue weighted by atomic mass is 79.9. The van der Waals surface area contributed by atoms with E-state index in [1.165, 1.54) is 17.0 Å². The molecule has 0 saturated heterocycles. The smallest absolute Gasteiger partial charge is 0.244 e. The molecule has 0 aliphatic heterocycles. The van der Waals surface area contributed by atoms with E-state index in [9.17, 15) is 22.4 Å². The molecule has 0 aliphatic carbocycles. The first-order valence-electron chi connectivity index (χ1n) is 10.5. The van der Waals surface area contributed by atoms with Gasteiger partial charge in [-0.05, 0) is 62.2 Å². The number of nitrogens with one attached hydrogen (secondary N) is 1. The number of hydrogen-bond acceptors (Lipinski definition) is 4. The fourth-order valence-corrected chi connectivity index (χ4v) is 4.17. The van der Waals surface area contributed by atoms with Gasteiger partial charge in [-0.1, -0.05) is 35.0 Å². The standard InChI is InChI=1S/C23H29BrFN3O4S/c1-5-16(2)26-23(30)17(3)27(14-18-6-8-19(24)9-7-18)22(29)15-28(33(4,31)32)21-12-10-20(25)11-13-21/h6-13,16-17H,5,14-15H2,1-4H3,(H,26,30)/t16-,17+/m0/s1. The Kier molecular flexibility index (Phi) is 9.42. The average Bonchev–Trinajstić information content (AvgIpc) is 2.76. The molecule has 2 amide bonds. The van der Waals surface area contributed by atoms with Gasteiger partial charge in [0.15, 0.2) is 0 Å². The molecule has 0 radical (unpaired) electrons. The maximum absolute atomic E-state index is 13.4. The van der Waals surface area contributed by atoms with Crippen LogP contribution in [0.5, 0.6) is 0 Å². The number of nitrogens with zero attached hydrogens (tertiary/aromatic N) is 2. The van der Waals surface area contributed by atoms with E-state index in [1.54, 1.807) is 6.92 Å². The summed E-state index contributed by atoms with van der Waals surface area (Å²) in [5.74, 6) is -1.41.